The average molecular weight is 591 g/mol. The highest BCUT2D eigenvalue weighted by atomic mass is 32.2. The van der Waals surface area contributed by atoms with Crippen molar-refractivity contribution in [1.29, 1.82) is 0 Å². The van der Waals surface area contributed by atoms with Gasteiger partial charge in [0.2, 0.25) is 5.91 Å². The van der Waals surface area contributed by atoms with E-state index in [0.29, 0.717) is 40.7 Å². The van der Waals surface area contributed by atoms with Crippen molar-refractivity contribution >= 4 is 38.0 Å². The van der Waals surface area contributed by atoms with Crippen molar-refractivity contribution in [2.75, 3.05) is 17.7 Å². The molecule has 1 aromatic heterocycles. The lowest BCUT2D eigenvalue weighted by atomic mass is 10.0. The summed E-state index contributed by atoms with van der Waals surface area (Å²) in [6.45, 7) is 9.48. The van der Waals surface area contributed by atoms with E-state index in [4.69, 9.17) is 15.2 Å². The number of nitrogens with one attached hydrogen (secondary N) is 2. The van der Waals surface area contributed by atoms with E-state index >= 15 is 0 Å². The number of carbonyl (C=O) groups excluding carboxylic acids is 1. The van der Waals surface area contributed by atoms with Gasteiger partial charge in [-0.2, -0.15) is 0 Å². The summed E-state index contributed by atoms with van der Waals surface area (Å²) < 4.78 is 37.7. The molecule has 9 nitrogen and oxygen atoms in total. The molecule has 1 atom stereocenters. The lowest BCUT2D eigenvalue weighted by Crippen LogP contribution is -2.33. The van der Waals surface area contributed by atoms with Gasteiger partial charge in [-0.05, 0) is 93.6 Å². The van der Waals surface area contributed by atoms with Gasteiger partial charge >= 0.3 is 0 Å². The maximum absolute atomic E-state index is 13.8. The second kappa shape index (κ2) is 13.1. The van der Waals surface area contributed by atoms with Gasteiger partial charge in [0.15, 0.2) is 21.3 Å². The number of carbonyl (C=O) groups is 1. The number of nitrogens with zero attached hydrogens (tertiary/aromatic N) is 1. The minimum absolute atomic E-state index is 0.0337. The van der Waals surface area contributed by atoms with E-state index in [-0.39, 0.29) is 23.5 Å². The van der Waals surface area contributed by atoms with Crippen molar-refractivity contribution in [3.63, 3.8) is 0 Å². The Morgan fingerprint density at radius 2 is 1.74 bits per heavy atom. The molecule has 0 bridgehead atoms. The molecule has 10 heteroatoms. The molecule has 4 rings (SSSR count). The number of fused-ring (bicyclic) bond motifs is 1. The largest absolute Gasteiger partial charge is 0.490 e. The molecule has 0 aliphatic heterocycles. The topological polar surface area (TPSA) is 133 Å². The van der Waals surface area contributed by atoms with Crippen LogP contribution < -0.4 is 25.8 Å². The highest BCUT2D eigenvalue weighted by Crippen LogP contribution is 2.33. The van der Waals surface area contributed by atoms with Gasteiger partial charge in [-0.25, -0.2) is 13.4 Å². The van der Waals surface area contributed by atoms with Gasteiger partial charge in [-0.3, -0.25) is 4.79 Å². The average Bonchev–Trinajstić information content (AvgIpc) is 2.95. The summed E-state index contributed by atoms with van der Waals surface area (Å²) in [5.74, 6) is 1.18. The fraction of sp³-hybridized carbons (Fsp3) is 0.312. The number of benzene rings is 3. The van der Waals surface area contributed by atoms with Gasteiger partial charge < -0.3 is 25.8 Å². The summed E-state index contributed by atoms with van der Waals surface area (Å²) in [6.07, 6.45) is 1.57. The molecule has 0 unspecified atom stereocenters. The third kappa shape index (κ3) is 6.94. The van der Waals surface area contributed by atoms with E-state index in [2.05, 4.69) is 15.6 Å². The van der Waals surface area contributed by atoms with Gasteiger partial charge in [0.1, 0.15) is 11.9 Å². The molecule has 0 aliphatic rings. The van der Waals surface area contributed by atoms with Crippen LogP contribution >= 0.6 is 0 Å². The van der Waals surface area contributed by atoms with Gasteiger partial charge in [-0.15, -0.1) is 0 Å². The number of amides is 1. The minimum Gasteiger partial charge on any atom is -0.490 e. The number of hydrogen-bond donors (Lipinski definition) is 3. The number of anilines is 2. The van der Waals surface area contributed by atoms with Gasteiger partial charge in [0.25, 0.3) is 0 Å². The standard InChI is InChI=1S/C32H38N4O5S/c1-6-40-28-18-23(11-14-27(28)41-20(2)3)30(36-25-12-13-26-22(17-25)15-16-34-31(26)33)32(37)35-19-24-9-7-8-10-29(24)42(38,39)21(4)5/h7-18,20-21,30,36H,6,19H2,1-5H3,(H2,33,34)(H,35,37)/t30-/m1/s1. The summed E-state index contributed by atoms with van der Waals surface area (Å²) in [6, 6.07) is 18.7. The number of sulfone groups is 1. The maximum atomic E-state index is 13.8. The fourth-order valence-corrected chi connectivity index (χ4v) is 5.83. The van der Waals surface area contributed by atoms with Crippen LogP contribution in [-0.2, 0) is 21.2 Å². The molecular formula is C32H38N4O5S. The first-order valence-electron chi connectivity index (χ1n) is 13.9. The quantitative estimate of drug-likeness (QED) is 0.193. The Bertz CT molecular complexity index is 1670. The van der Waals surface area contributed by atoms with E-state index < -0.39 is 21.1 Å². The predicted molar refractivity (Wildman–Crippen MR) is 167 cm³/mol. The number of nitrogen functional groups attached to an aromatic ring is 1. The van der Waals surface area contributed by atoms with Crippen molar-refractivity contribution in [2.45, 2.75) is 63.5 Å². The predicted octanol–water partition coefficient (Wildman–Crippen LogP) is 5.65. The van der Waals surface area contributed by atoms with Crippen LogP contribution in [0.1, 0.15) is 51.8 Å². The van der Waals surface area contributed by atoms with E-state index in [9.17, 15) is 13.2 Å². The van der Waals surface area contributed by atoms with Crippen LogP contribution in [0.4, 0.5) is 11.5 Å². The molecule has 1 heterocycles. The zero-order valence-electron chi connectivity index (χ0n) is 24.5. The SMILES string of the molecule is CCOc1cc([C@@H](Nc2ccc3c(N)nccc3c2)C(=O)NCc2ccccc2S(=O)(=O)C(C)C)ccc1OC(C)C. The lowest BCUT2D eigenvalue weighted by Gasteiger charge is -2.23. The number of ether oxygens (including phenoxy) is 2. The van der Waals surface area contributed by atoms with Crippen LogP contribution in [0.25, 0.3) is 10.8 Å². The number of aromatic nitrogens is 1. The highest BCUT2D eigenvalue weighted by Gasteiger charge is 2.25. The van der Waals surface area contributed by atoms with Crippen molar-refractivity contribution in [2.24, 2.45) is 0 Å². The molecule has 0 saturated carbocycles. The zero-order chi connectivity index (χ0) is 30.4. The Labute approximate surface area is 247 Å². The Kier molecular flexibility index (Phi) is 9.57. The lowest BCUT2D eigenvalue weighted by molar-refractivity contribution is -0.122. The molecule has 4 aromatic rings. The second-order valence-electron chi connectivity index (χ2n) is 10.4. The molecule has 0 radical (unpaired) electrons. The van der Waals surface area contributed by atoms with E-state index in [1.807, 2.05) is 51.1 Å². The summed E-state index contributed by atoms with van der Waals surface area (Å²) in [4.78, 5) is 18.2. The van der Waals surface area contributed by atoms with E-state index in [1.165, 1.54) is 0 Å². The van der Waals surface area contributed by atoms with Crippen LogP contribution in [0.2, 0.25) is 0 Å². The molecule has 222 valence electrons. The molecule has 42 heavy (non-hydrogen) atoms. The van der Waals surface area contributed by atoms with Gasteiger partial charge in [0.05, 0.1) is 22.9 Å². The van der Waals surface area contributed by atoms with Crippen molar-refractivity contribution in [3.8, 4) is 11.5 Å². The van der Waals surface area contributed by atoms with Gasteiger partial charge in [-0.1, -0.05) is 24.3 Å². The Morgan fingerprint density at radius 1 is 0.976 bits per heavy atom. The monoisotopic (exact) mass is 590 g/mol. The van der Waals surface area contributed by atoms with Crippen LogP contribution in [0, 0.1) is 0 Å². The molecule has 0 spiro atoms. The molecule has 4 N–H and O–H groups in total. The zero-order valence-corrected chi connectivity index (χ0v) is 25.4. The summed E-state index contributed by atoms with van der Waals surface area (Å²) in [5, 5.41) is 7.38. The number of hydrogen-bond acceptors (Lipinski definition) is 8. The Morgan fingerprint density at radius 3 is 2.45 bits per heavy atom. The normalized spacial score (nSPS) is 12.4. The van der Waals surface area contributed by atoms with Crippen molar-refractivity contribution < 1.29 is 22.7 Å². The van der Waals surface area contributed by atoms with Crippen LogP contribution in [0.5, 0.6) is 11.5 Å². The second-order valence-corrected chi connectivity index (χ2v) is 12.9. The maximum Gasteiger partial charge on any atom is 0.247 e. The number of nitrogens with two attached hydrogens (primary N) is 1. The van der Waals surface area contributed by atoms with E-state index in [1.54, 1.807) is 56.4 Å². The van der Waals surface area contributed by atoms with Crippen LogP contribution in [0.15, 0.2) is 77.8 Å². The highest BCUT2D eigenvalue weighted by molar-refractivity contribution is 7.92. The van der Waals surface area contributed by atoms with Crippen LogP contribution in [-0.4, -0.2) is 37.3 Å². The molecule has 0 fully saturated rings. The third-order valence-corrected chi connectivity index (χ3v) is 8.94. The number of pyridine rings is 1. The van der Waals surface area contributed by atoms with Crippen molar-refractivity contribution in [1.82, 2.24) is 10.3 Å². The van der Waals surface area contributed by atoms with Gasteiger partial charge in [0, 0.05) is 23.8 Å². The molecule has 3 aromatic carbocycles. The summed E-state index contributed by atoms with van der Waals surface area (Å²) in [7, 11) is -3.54. The van der Waals surface area contributed by atoms with Crippen LogP contribution in [0.3, 0.4) is 0 Å². The smallest absolute Gasteiger partial charge is 0.247 e. The number of rotatable bonds is 12. The molecule has 0 saturated heterocycles. The molecular weight excluding hydrogens is 552 g/mol. The molecule has 0 aliphatic carbocycles. The third-order valence-electron chi connectivity index (χ3n) is 6.68. The first-order valence-corrected chi connectivity index (χ1v) is 15.5. The summed E-state index contributed by atoms with van der Waals surface area (Å²) >= 11 is 0. The van der Waals surface area contributed by atoms with E-state index in [0.717, 1.165) is 10.8 Å². The fourth-order valence-electron chi connectivity index (χ4n) is 4.55. The first-order chi connectivity index (χ1) is 20.0. The minimum atomic E-state index is -3.54. The van der Waals surface area contributed by atoms with Crippen molar-refractivity contribution in [3.05, 3.63) is 84.1 Å². The Hall–Kier alpha value is -4.31. The summed E-state index contributed by atoms with van der Waals surface area (Å²) in [5.41, 5.74) is 7.88. The first kappa shape index (κ1) is 30.6. The Balaban J connectivity index is 1.70. The molecule has 1 amide bonds.